The predicted octanol–water partition coefficient (Wildman–Crippen LogP) is 7.35. The number of hydrogen-bond acceptors (Lipinski definition) is 0. The Kier molecular flexibility index (Phi) is 11.7. The summed E-state index contributed by atoms with van der Waals surface area (Å²) in [6.07, 6.45) is 22.0. The summed E-state index contributed by atoms with van der Waals surface area (Å²) in [5, 5.41) is 0. The Morgan fingerprint density at radius 3 is 2.18 bits per heavy atom. The molecule has 0 amide bonds. The second-order valence-corrected chi connectivity index (χ2v) is 8.35. The minimum atomic E-state index is 0.677. The van der Waals surface area contributed by atoms with Crippen LogP contribution in [0.15, 0.2) is 42.7 Å². The highest BCUT2D eigenvalue weighted by molar-refractivity contribution is 5.14. The zero-order chi connectivity index (χ0) is 19.9. The average molecular weight is 384 g/mol. The number of nitrogens with zero attached hydrogens (tertiary/aromatic N) is 1. The fourth-order valence-corrected chi connectivity index (χ4v) is 4.26. The van der Waals surface area contributed by atoms with E-state index in [9.17, 15) is 0 Å². The minimum Gasteiger partial charge on any atom is -0.247 e. The molecular formula is C26H43N2+. The molecular weight excluding hydrogens is 340 g/mol. The van der Waals surface area contributed by atoms with Gasteiger partial charge in [0, 0.05) is 0 Å². The fraction of sp³-hybridized carbons (Fsp3) is 0.654. The molecule has 2 heteroatoms. The minimum absolute atomic E-state index is 0.677. The Morgan fingerprint density at radius 2 is 1.50 bits per heavy atom. The second kappa shape index (κ2) is 14.4. The van der Waals surface area contributed by atoms with Gasteiger partial charge in [-0.25, -0.2) is 9.55 Å². The SMILES string of the molecule is CCCCCCCCCCC[C@H](CC)c1[nH]cc[n+]1CCCc1ccccc1. The van der Waals surface area contributed by atoms with Crippen LogP contribution in [0.1, 0.15) is 108 Å². The molecule has 1 heterocycles. The van der Waals surface area contributed by atoms with Gasteiger partial charge in [0.25, 0.3) is 5.82 Å². The van der Waals surface area contributed by atoms with Gasteiger partial charge in [-0.2, -0.15) is 0 Å². The summed E-state index contributed by atoms with van der Waals surface area (Å²) in [6.45, 7) is 5.75. The smallest absolute Gasteiger partial charge is 0.247 e. The normalized spacial score (nSPS) is 12.4. The largest absolute Gasteiger partial charge is 0.257 e. The third-order valence-electron chi connectivity index (χ3n) is 6.04. The maximum absolute atomic E-state index is 3.55. The van der Waals surface area contributed by atoms with Crippen LogP contribution in [0.3, 0.4) is 0 Å². The van der Waals surface area contributed by atoms with Crippen molar-refractivity contribution in [2.75, 3.05) is 0 Å². The Balaban J connectivity index is 1.65. The van der Waals surface area contributed by atoms with Crippen LogP contribution in [0.2, 0.25) is 0 Å². The second-order valence-electron chi connectivity index (χ2n) is 8.35. The van der Waals surface area contributed by atoms with Crippen LogP contribution in [0.4, 0.5) is 0 Å². The van der Waals surface area contributed by atoms with Gasteiger partial charge < -0.3 is 0 Å². The Morgan fingerprint density at radius 1 is 0.821 bits per heavy atom. The molecule has 28 heavy (non-hydrogen) atoms. The van der Waals surface area contributed by atoms with E-state index in [1.807, 2.05) is 0 Å². The molecule has 0 saturated heterocycles. The number of unbranched alkanes of at least 4 members (excludes halogenated alkanes) is 8. The van der Waals surface area contributed by atoms with Gasteiger partial charge in [-0.05, 0) is 31.2 Å². The maximum atomic E-state index is 3.55. The van der Waals surface area contributed by atoms with Crippen LogP contribution in [0.25, 0.3) is 0 Å². The number of imidazole rings is 1. The Hall–Kier alpha value is -1.57. The first kappa shape index (κ1) is 22.7. The number of nitrogens with one attached hydrogen (secondary N) is 1. The lowest BCUT2D eigenvalue weighted by atomic mass is 9.96. The van der Waals surface area contributed by atoms with Crippen LogP contribution in [0, 0.1) is 0 Å². The van der Waals surface area contributed by atoms with E-state index in [-0.39, 0.29) is 0 Å². The molecule has 2 nitrogen and oxygen atoms in total. The number of aromatic amines is 1. The summed E-state index contributed by atoms with van der Waals surface area (Å²) in [5.41, 5.74) is 1.45. The van der Waals surface area contributed by atoms with E-state index >= 15 is 0 Å². The summed E-state index contributed by atoms with van der Waals surface area (Å²) in [4.78, 5) is 3.55. The highest BCUT2D eigenvalue weighted by Gasteiger charge is 2.20. The summed E-state index contributed by atoms with van der Waals surface area (Å²) in [7, 11) is 0. The number of rotatable bonds is 16. The monoisotopic (exact) mass is 383 g/mol. The number of hydrogen-bond donors (Lipinski definition) is 1. The van der Waals surface area contributed by atoms with Crippen LogP contribution < -0.4 is 4.57 Å². The summed E-state index contributed by atoms with van der Waals surface area (Å²) >= 11 is 0. The third kappa shape index (κ3) is 8.63. The number of H-pyrrole nitrogens is 1. The first-order valence-corrected chi connectivity index (χ1v) is 12.0. The number of aromatic nitrogens is 2. The molecule has 0 aliphatic rings. The zero-order valence-electron chi connectivity index (χ0n) is 18.5. The molecule has 0 aliphatic heterocycles. The number of benzene rings is 1. The molecule has 156 valence electrons. The molecule has 1 N–H and O–H groups in total. The van der Waals surface area contributed by atoms with Crippen molar-refractivity contribution in [3.8, 4) is 0 Å². The standard InChI is InChI=1S/C26H42N2/c1-3-5-6-7-8-9-10-11-15-20-25(4-2)26-27-21-23-28(26)22-16-19-24-17-13-12-14-18-24/h12-14,17-18,21,23,25H,3-11,15-16,19-20,22H2,1-2H3/p+1/t25-/m0/s1. The van der Waals surface area contributed by atoms with Gasteiger partial charge in [-0.1, -0.05) is 102 Å². The first-order chi connectivity index (χ1) is 13.8. The fourth-order valence-electron chi connectivity index (χ4n) is 4.26. The quantitative estimate of drug-likeness (QED) is 0.231. The molecule has 0 bridgehead atoms. The van der Waals surface area contributed by atoms with Gasteiger partial charge in [-0.15, -0.1) is 0 Å². The Labute approximate surface area is 173 Å². The molecule has 0 aliphatic carbocycles. The molecule has 2 aromatic rings. The molecule has 0 saturated carbocycles. The lowest BCUT2D eigenvalue weighted by Gasteiger charge is -2.12. The van der Waals surface area contributed by atoms with Crippen molar-refractivity contribution in [3.05, 3.63) is 54.1 Å². The van der Waals surface area contributed by atoms with Crippen molar-refractivity contribution < 1.29 is 4.57 Å². The molecule has 0 unspecified atom stereocenters. The average Bonchev–Trinajstić information content (AvgIpc) is 3.19. The van der Waals surface area contributed by atoms with Crippen molar-refractivity contribution >= 4 is 0 Å². The van der Waals surface area contributed by atoms with Crippen molar-refractivity contribution in [1.82, 2.24) is 4.98 Å². The van der Waals surface area contributed by atoms with Gasteiger partial charge in [0.15, 0.2) is 0 Å². The van der Waals surface area contributed by atoms with E-state index in [4.69, 9.17) is 0 Å². The van der Waals surface area contributed by atoms with E-state index < -0.39 is 0 Å². The molecule has 1 atom stereocenters. The molecule has 0 radical (unpaired) electrons. The first-order valence-electron chi connectivity index (χ1n) is 12.0. The van der Waals surface area contributed by atoms with Crippen molar-refractivity contribution in [2.24, 2.45) is 0 Å². The zero-order valence-corrected chi connectivity index (χ0v) is 18.5. The van der Waals surface area contributed by atoms with E-state index in [2.05, 4.69) is 66.1 Å². The van der Waals surface area contributed by atoms with Crippen LogP contribution in [0.5, 0.6) is 0 Å². The summed E-state index contributed by atoms with van der Waals surface area (Å²) in [6, 6.07) is 10.9. The lowest BCUT2D eigenvalue weighted by Crippen LogP contribution is -2.37. The Bertz CT molecular complexity index is 602. The van der Waals surface area contributed by atoms with Crippen molar-refractivity contribution in [2.45, 2.75) is 110 Å². The van der Waals surface area contributed by atoms with Crippen LogP contribution >= 0.6 is 0 Å². The topological polar surface area (TPSA) is 19.7 Å². The molecule has 0 spiro atoms. The summed E-state index contributed by atoms with van der Waals surface area (Å²) in [5.74, 6) is 2.12. The highest BCUT2D eigenvalue weighted by atomic mass is 15.1. The van der Waals surface area contributed by atoms with Gasteiger partial charge >= 0.3 is 0 Å². The van der Waals surface area contributed by atoms with E-state index in [0.717, 1.165) is 13.0 Å². The van der Waals surface area contributed by atoms with Crippen LogP contribution in [-0.4, -0.2) is 4.98 Å². The van der Waals surface area contributed by atoms with Crippen molar-refractivity contribution in [1.29, 1.82) is 0 Å². The van der Waals surface area contributed by atoms with Gasteiger partial charge in [-0.3, -0.25) is 0 Å². The predicted molar refractivity (Wildman–Crippen MR) is 121 cm³/mol. The molecule has 0 fully saturated rings. The van der Waals surface area contributed by atoms with E-state index in [1.54, 1.807) is 0 Å². The molecule has 2 rings (SSSR count). The van der Waals surface area contributed by atoms with E-state index in [0.29, 0.717) is 5.92 Å². The molecule has 1 aromatic carbocycles. The lowest BCUT2D eigenvalue weighted by molar-refractivity contribution is -0.704. The van der Waals surface area contributed by atoms with Gasteiger partial charge in [0.05, 0.1) is 12.5 Å². The van der Waals surface area contributed by atoms with Gasteiger partial charge in [0.1, 0.15) is 12.4 Å². The third-order valence-corrected chi connectivity index (χ3v) is 6.04. The number of aryl methyl sites for hydroxylation is 2. The summed E-state index contributed by atoms with van der Waals surface area (Å²) < 4.78 is 2.46. The van der Waals surface area contributed by atoms with Crippen molar-refractivity contribution in [3.63, 3.8) is 0 Å². The van der Waals surface area contributed by atoms with Crippen LogP contribution in [-0.2, 0) is 13.0 Å². The van der Waals surface area contributed by atoms with Gasteiger partial charge in [0.2, 0.25) is 0 Å². The maximum Gasteiger partial charge on any atom is 0.257 e. The highest BCUT2D eigenvalue weighted by Crippen LogP contribution is 2.23. The molecule has 1 aromatic heterocycles. The van der Waals surface area contributed by atoms with E-state index in [1.165, 1.54) is 88.4 Å².